The smallest absolute Gasteiger partial charge is 0.412 e. The summed E-state index contributed by atoms with van der Waals surface area (Å²) in [6, 6.07) is 4.31. The number of carbonyl (C=O) groups excluding carboxylic acids is 1. The number of nitrogens with zero attached hydrogens (tertiary/aromatic N) is 4. The lowest BCUT2D eigenvalue weighted by atomic mass is 10.0. The van der Waals surface area contributed by atoms with Crippen molar-refractivity contribution in [2.24, 2.45) is 0 Å². The van der Waals surface area contributed by atoms with E-state index in [4.69, 9.17) is 4.74 Å². The Morgan fingerprint density at radius 1 is 1.21 bits per heavy atom. The zero-order chi connectivity index (χ0) is 19.7. The number of cyclic esters (lactones) is 1. The molecule has 2 fully saturated rings. The average Bonchev–Trinajstić information content (AvgIpc) is 3.14. The summed E-state index contributed by atoms with van der Waals surface area (Å²) in [5.41, 5.74) is 1.07. The molecule has 4 rings (SSSR count). The third-order valence-electron chi connectivity index (χ3n) is 4.84. The molecular weight excluding hydrogens is 387 g/mol. The van der Waals surface area contributed by atoms with E-state index in [2.05, 4.69) is 9.97 Å². The number of hydrogen-bond acceptors (Lipinski definition) is 7. The van der Waals surface area contributed by atoms with E-state index < -0.39 is 28.9 Å². The standard InChI is InChI=1S/C18H19FN4O4S/c19-15-9-12(17(24)23-3-6-27-18(23)25)1-2-13(15)14-10-20-11-21-16(14)22-4-7-28(26)8-5-22/h1-2,9-11,17,24H,3-8H2. The molecule has 2 aliphatic rings. The van der Waals surface area contributed by atoms with Crippen LogP contribution in [0.2, 0.25) is 0 Å². The SMILES string of the molecule is O=C1OCCN1C(O)c1ccc(-c2cncnc2N2CCS(=O)CC2)c(F)c1. The van der Waals surface area contributed by atoms with E-state index in [1.165, 1.54) is 12.4 Å². The number of halogens is 1. The third-order valence-corrected chi connectivity index (χ3v) is 6.11. The lowest BCUT2D eigenvalue weighted by Crippen LogP contribution is -2.38. The zero-order valence-corrected chi connectivity index (χ0v) is 15.8. The van der Waals surface area contributed by atoms with E-state index in [1.807, 2.05) is 4.90 Å². The van der Waals surface area contributed by atoms with Crippen molar-refractivity contribution in [1.29, 1.82) is 0 Å². The van der Waals surface area contributed by atoms with Crippen LogP contribution >= 0.6 is 0 Å². The Balaban J connectivity index is 1.63. The predicted octanol–water partition coefficient (Wildman–Crippen LogP) is 1.29. The lowest BCUT2D eigenvalue weighted by Gasteiger charge is -2.29. The Bertz CT molecular complexity index is 918. The van der Waals surface area contributed by atoms with Gasteiger partial charge >= 0.3 is 6.09 Å². The summed E-state index contributed by atoms with van der Waals surface area (Å²) in [7, 11) is -0.832. The van der Waals surface area contributed by atoms with E-state index in [0.29, 0.717) is 41.5 Å². The molecule has 2 saturated heterocycles. The predicted molar refractivity (Wildman–Crippen MR) is 101 cm³/mol. The number of hydrogen-bond donors (Lipinski definition) is 1. The molecule has 1 unspecified atom stereocenters. The van der Waals surface area contributed by atoms with E-state index >= 15 is 0 Å². The number of anilines is 1. The number of aromatic nitrogens is 2. The second-order valence-electron chi connectivity index (χ2n) is 6.52. The van der Waals surface area contributed by atoms with Crippen LogP contribution in [0, 0.1) is 5.82 Å². The van der Waals surface area contributed by atoms with Crippen LogP contribution in [0.5, 0.6) is 0 Å². The van der Waals surface area contributed by atoms with Gasteiger partial charge in [-0.15, -0.1) is 0 Å². The first kappa shape index (κ1) is 18.8. The van der Waals surface area contributed by atoms with Crippen LogP contribution in [0.4, 0.5) is 15.0 Å². The molecule has 0 radical (unpaired) electrons. The van der Waals surface area contributed by atoms with Gasteiger partial charge in [-0.1, -0.05) is 12.1 Å². The first-order chi connectivity index (χ1) is 13.5. The molecule has 0 bridgehead atoms. The summed E-state index contributed by atoms with van der Waals surface area (Å²) in [5.74, 6) is 1.12. The van der Waals surface area contributed by atoms with Gasteiger partial charge in [0, 0.05) is 58.3 Å². The number of carbonyl (C=O) groups is 1. The summed E-state index contributed by atoms with van der Waals surface area (Å²) < 4.78 is 31.3. The van der Waals surface area contributed by atoms with Crippen LogP contribution in [-0.2, 0) is 15.5 Å². The molecule has 1 aromatic heterocycles. The van der Waals surface area contributed by atoms with Gasteiger partial charge in [-0.3, -0.25) is 9.11 Å². The number of ether oxygens (including phenoxy) is 1. The number of benzene rings is 1. The fourth-order valence-corrected chi connectivity index (χ4v) is 4.38. The van der Waals surface area contributed by atoms with Gasteiger partial charge in [-0.05, 0) is 6.07 Å². The molecule has 1 aromatic carbocycles. The molecule has 0 aliphatic carbocycles. The molecule has 1 atom stereocenters. The fourth-order valence-electron chi connectivity index (χ4n) is 3.33. The number of rotatable bonds is 4. The van der Waals surface area contributed by atoms with Crippen molar-refractivity contribution in [3.63, 3.8) is 0 Å². The molecule has 1 amide bonds. The highest BCUT2D eigenvalue weighted by Crippen LogP contribution is 2.33. The Morgan fingerprint density at radius 2 is 2.00 bits per heavy atom. The van der Waals surface area contributed by atoms with Crippen molar-refractivity contribution in [3.05, 3.63) is 42.1 Å². The van der Waals surface area contributed by atoms with Gasteiger partial charge in [0.05, 0.1) is 6.54 Å². The Morgan fingerprint density at radius 3 is 2.68 bits per heavy atom. The summed E-state index contributed by atoms with van der Waals surface area (Å²) in [5, 5.41) is 10.4. The van der Waals surface area contributed by atoms with Gasteiger partial charge in [0.1, 0.15) is 24.6 Å². The number of aliphatic hydroxyl groups excluding tert-OH is 1. The minimum absolute atomic E-state index is 0.196. The molecule has 0 spiro atoms. The average molecular weight is 406 g/mol. The molecule has 10 heteroatoms. The summed E-state index contributed by atoms with van der Waals surface area (Å²) >= 11 is 0. The summed E-state index contributed by atoms with van der Waals surface area (Å²) in [6.07, 6.45) is 1.04. The molecule has 2 aromatic rings. The highest BCUT2D eigenvalue weighted by molar-refractivity contribution is 7.85. The quantitative estimate of drug-likeness (QED) is 0.817. The molecule has 1 N–H and O–H groups in total. The maximum atomic E-state index is 14.9. The zero-order valence-electron chi connectivity index (χ0n) is 15.0. The van der Waals surface area contributed by atoms with Crippen LogP contribution in [0.3, 0.4) is 0 Å². The molecule has 2 aliphatic heterocycles. The topological polar surface area (TPSA) is 95.9 Å². The summed E-state index contributed by atoms with van der Waals surface area (Å²) in [4.78, 5) is 23.0. The largest absolute Gasteiger partial charge is 0.447 e. The van der Waals surface area contributed by atoms with Crippen LogP contribution in [0.15, 0.2) is 30.7 Å². The Labute approximate surface area is 163 Å². The first-order valence-electron chi connectivity index (χ1n) is 8.86. The van der Waals surface area contributed by atoms with Crippen molar-refractivity contribution < 1.29 is 23.2 Å². The van der Waals surface area contributed by atoms with Crippen molar-refractivity contribution in [2.75, 3.05) is 42.6 Å². The molecule has 28 heavy (non-hydrogen) atoms. The van der Waals surface area contributed by atoms with E-state index in [9.17, 15) is 18.5 Å². The molecular formula is C18H19FN4O4S. The second-order valence-corrected chi connectivity index (χ2v) is 8.21. The van der Waals surface area contributed by atoms with Gasteiger partial charge < -0.3 is 14.7 Å². The summed E-state index contributed by atoms with van der Waals surface area (Å²) in [6.45, 7) is 1.59. The van der Waals surface area contributed by atoms with Gasteiger partial charge in [0.25, 0.3) is 0 Å². The van der Waals surface area contributed by atoms with Gasteiger partial charge in [-0.2, -0.15) is 0 Å². The Kier molecular flexibility index (Phi) is 5.23. The van der Waals surface area contributed by atoms with Crippen molar-refractivity contribution >= 4 is 22.7 Å². The second kappa shape index (κ2) is 7.80. The van der Waals surface area contributed by atoms with E-state index in [-0.39, 0.29) is 18.7 Å². The monoisotopic (exact) mass is 406 g/mol. The van der Waals surface area contributed by atoms with Crippen LogP contribution in [0.25, 0.3) is 11.1 Å². The van der Waals surface area contributed by atoms with Crippen molar-refractivity contribution in [3.8, 4) is 11.1 Å². The maximum Gasteiger partial charge on any atom is 0.412 e. The first-order valence-corrected chi connectivity index (χ1v) is 10.3. The number of amides is 1. The third kappa shape index (κ3) is 3.57. The number of aliphatic hydroxyl groups is 1. The molecule has 148 valence electrons. The Hall–Kier alpha value is -2.59. The lowest BCUT2D eigenvalue weighted by molar-refractivity contribution is 0.0362. The van der Waals surface area contributed by atoms with Gasteiger partial charge in [-0.25, -0.2) is 19.2 Å². The van der Waals surface area contributed by atoms with Gasteiger partial charge in [0.15, 0.2) is 6.23 Å². The maximum absolute atomic E-state index is 14.9. The van der Waals surface area contributed by atoms with E-state index in [1.54, 1.807) is 18.3 Å². The molecule has 3 heterocycles. The van der Waals surface area contributed by atoms with Crippen molar-refractivity contribution in [2.45, 2.75) is 6.23 Å². The molecule has 0 saturated carbocycles. The molecule has 8 nitrogen and oxygen atoms in total. The highest BCUT2D eigenvalue weighted by atomic mass is 32.2. The van der Waals surface area contributed by atoms with Crippen LogP contribution in [-0.4, -0.2) is 68.0 Å². The van der Waals surface area contributed by atoms with Crippen LogP contribution < -0.4 is 4.90 Å². The fraction of sp³-hybridized carbons (Fsp3) is 0.389. The minimum Gasteiger partial charge on any atom is -0.447 e. The van der Waals surface area contributed by atoms with E-state index in [0.717, 1.165) is 4.90 Å². The van der Waals surface area contributed by atoms with Crippen molar-refractivity contribution in [1.82, 2.24) is 14.9 Å². The van der Waals surface area contributed by atoms with Gasteiger partial charge in [0.2, 0.25) is 0 Å². The van der Waals surface area contributed by atoms with Crippen LogP contribution in [0.1, 0.15) is 11.8 Å². The highest BCUT2D eigenvalue weighted by Gasteiger charge is 2.30. The minimum atomic E-state index is -1.28. The normalized spacial score (nSPS) is 19.0.